The minimum Gasteiger partial charge on any atom is -0.361 e. The Bertz CT molecular complexity index is 263. The van der Waals surface area contributed by atoms with Gasteiger partial charge in [0.05, 0.1) is 6.20 Å². The molecule has 60 valence electrons. The Morgan fingerprint density at radius 1 is 1.64 bits per heavy atom. The molecule has 1 aromatic heterocycles. The lowest BCUT2D eigenvalue weighted by Gasteiger charge is -2.37. The molecule has 1 aromatic rings. The standard InChI is InChI=1S/C8H12N2O/c1-6-7(5-10-11-6)8(9)3-2-4-8/h5H,2-4,9H2,1H3. The third-order valence-corrected chi connectivity index (χ3v) is 2.53. The molecule has 0 saturated heterocycles. The maximum atomic E-state index is 6.07. The van der Waals surface area contributed by atoms with Crippen molar-refractivity contribution in [2.45, 2.75) is 31.7 Å². The average Bonchev–Trinajstić information content (AvgIpc) is 2.30. The summed E-state index contributed by atoms with van der Waals surface area (Å²) in [6, 6.07) is 0. The first-order valence-electron chi connectivity index (χ1n) is 3.93. The number of nitrogens with two attached hydrogens (primary N) is 1. The highest BCUT2D eigenvalue weighted by Crippen LogP contribution is 2.39. The van der Waals surface area contributed by atoms with E-state index in [1.165, 1.54) is 6.42 Å². The summed E-state index contributed by atoms with van der Waals surface area (Å²) in [5.74, 6) is 0.868. The summed E-state index contributed by atoms with van der Waals surface area (Å²) in [6.07, 6.45) is 5.10. The van der Waals surface area contributed by atoms with E-state index in [4.69, 9.17) is 10.3 Å². The maximum Gasteiger partial charge on any atom is 0.138 e. The second kappa shape index (κ2) is 2.08. The van der Waals surface area contributed by atoms with Gasteiger partial charge in [0.1, 0.15) is 5.76 Å². The van der Waals surface area contributed by atoms with E-state index in [0.29, 0.717) is 0 Å². The van der Waals surface area contributed by atoms with Gasteiger partial charge in [0.25, 0.3) is 0 Å². The van der Waals surface area contributed by atoms with E-state index in [1.807, 2.05) is 6.92 Å². The quantitative estimate of drug-likeness (QED) is 0.660. The maximum absolute atomic E-state index is 6.07. The van der Waals surface area contributed by atoms with Crippen molar-refractivity contribution in [2.75, 3.05) is 0 Å². The lowest BCUT2D eigenvalue weighted by molar-refractivity contribution is 0.249. The third kappa shape index (κ3) is 0.878. The molecule has 3 nitrogen and oxygen atoms in total. The highest BCUT2D eigenvalue weighted by Gasteiger charge is 2.37. The van der Waals surface area contributed by atoms with Crippen LogP contribution in [-0.2, 0) is 5.54 Å². The van der Waals surface area contributed by atoms with Crippen LogP contribution >= 0.6 is 0 Å². The van der Waals surface area contributed by atoms with Crippen LogP contribution < -0.4 is 5.73 Å². The van der Waals surface area contributed by atoms with Crippen molar-refractivity contribution in [2.24, 2.45) is 5.73 Å². The predicted octanol–water partition coefficient (Wildman–Crippen LogP) is 1.32. The van der Waals surface area contributed by atoms with Gasteiger partial charge in [0, 0.05) is 11.1 Å². The van der Waals surface area contributed by atoms with Crippen molar-refractivity contribution in [1.82, 2.24) is 5.16 Å². The molecule has 1 saturated carbocycles. The van der Waals surface area contributed by atoms with Crippen molar-refractivity contribution in [3.63, 3.8) is 0 Å². The Hall–Kier alpha value is -0.830. The van der Waals surface area contributed by atoms with E-state index in [-0.39, 0.29) is 5.54 Å². The molecule has 0 unspecified atom stereocenters. The first-order valence-corrected chi connectivity index (χ1v) is 3.93. The zero-order valence-electron chi connectivity index (χ0n) is 6.63. The number of hydrogen-bond acceptors (Lipinski definition) is 3. The van der Waals surface area contributed by atoms with Gasteiger partial charge in [-0.05, 0) is 26.2 Å². The molecule has 1 aliphatic rings. The molecule has 1 heterocycles. The Morgan fingerprint density at radius 2 is 2.36 bits per heavy atom. The van der Waals surface area contributed by atoms with Crippen LogP contribution in [-0.4, -0.2) is 5.16 Å². The van der Waals surface area contributed by atoms with Crippen molar-refractivity contribution >= 4 is 0 Å². The SMILES string of the molecule is Cc1oncc1C1(N)CCC1. The molecule has 0 aromatic carbocycles. The molecule has 3 heteroatoms. The first kappa shape index (κ1) is 6.85. The van der Waals surface area contributed by atoms with Gasteiger partial charge in [0.2, 0.25) is 0 Å². The molecule has 0 aliphatic heterocycles. The molecule has 2 rings (SSSR count). The summed E-state index contributed by atoms with van der Waals surface area (Å²) in [5.41, 5.74) is 7.04. The minimum absolute atomic E-state index is 0.121. The van der Waals surface area contributed by atoms with Gasteiger partial charge in [0.15, 0.2) is 0 Å². The summed E-state index contributed by atoms with van der Waals surface area (Å²) < 4.78 is 4.96. The predicted molar refractivity (Wildman–Crippen MR) is 41.0 cm³/mol. The Morgan fingerprint density at radius 3 is 2.73 bits per heavy atom. The topological polar surface area (TPSA) is 52.0 Å². The van der Waals surface area contributed by atoms with Gasteiger partial charge in [-0.25, -0.2) is 0 Å². The zero-order valence-corrected chi connectivity index (χ0v) is 6.63. The average molecular weight is 152 g/mol. The Kier molecular flexibility index (Phi) is 1.29. The molecule has 0 radical (unpaired) electrons. The van der Waals surface area contributed by atoms with E-state index in [1.54, 1.807) is 6.20 Å². The van der Waals surface area contributed by atoms with Gasteiger partial charge in [-0.2, -0.15) is 0 Å². The van der Waals surface area contributed by atoms with E-state index in [9.17, 15) is 0 Å². The summed E-state index contributed by atoms with van der Waals surface area (Å²) in [6.45, 7) is 1.91. The van der Waals surface area contributed by atoms with Gasteiger partial charge in [-0.3, -0.25) is 0 Å². The van der Waals surface area contributed by atoms with Gasteiger partial charge >= 0.3 is 0 Å². The van der Waals surface area contributed by atoms with E-state index < -0.39 is 0 Å². The molecule has 11 heavy (non-hydrogen) atoms. The minimum atomic E-state index is -0.121. The molecular weight excluding hydrogens is 140 g/mol. The highest BCUT2D eigenvalue weighted by molar-refractivity contribution is 5.25. The fourth-order valence-electron chi connectivity index (χ4n) is 1.60. The fraction of sp³-hybridized carbons (Fsp3) is 0.625. The number of rotatable bonds is 1. The van der Waals surface area contributed by atoms with Crippen LogP contribution in [0.3, 0.4) is 0 Å². The summed E-state index contributed by atoms with van der Waals surface area (Å²) in [7, 11) is 0. The van der Waals surface area contributed by atoms with Crippen molar-refractivity contribution in [3.8, 4) is 0 Å². The van der Waals surface area contributed by atoms with Gasteiger partial charge in [-0.15, -0.1) is 0 Å². The van der Waals surface area contributed by atoms with Crippen molar-refractivity contribution in [1.29, 1.82) is 0 Å². The molecule has 0 bridgehead atoms. The smallest absolute Gasteiger partial charge is 0.138 e. The monoisotopic (exact) mass is 152 g/mol. The van der Waals surface area contributed by atoms with Crippen molar-refractivity contribution in [3.05, 3.63) is 17.5 Å². The highest BCUT2D eigenvalue weighted by atomic mass is 16.5. The van der Waals surface area contributed by atoms with Crippen LogP contribution in [0.25, 0.3) is 0 Å². The van der Waals surface area contributed by atoms with Crippen LogP contribution in [0, 0.1) is 6.92 Å². The van der Waals surface area contributed by atoms with Gasteiger partial charge in [-0.1, -0.05) is 5.16 Å². The molecule has 0 spiro atoms. The lowest BCUT2D eigenvalue weighted by Crippen LogP contribution is -2.43. The molecule has 2 N–H and O–H groups in total. The Balaban J connectivity index is 2.35. The number of hydrogen-bond donors (Lipinski definition) is 1. The normalized spacial score (nSPS) is 21.3. The van der Waals surface area contributed by atoms with E-state index >= 15 is 0 Å². The molecule has 0 atom stereocenters. The van der Waals surface area contributed by atoms with E-state index in [2.05, 4.69) is 5.16 Å². The third-order valence-electron chi connectivity index (χ3n) is 2.53. The number of aryl methyl sites for hydroxylation is 1. The second-order valence-corrected chi connectivity index (χ2v) is 3.31. The largest absolute Gasteiger partial charge is 0.361 e. The number of nitrogens with zero attached hydrogens (tertiary/aromatic N) is 1. The summed E-state index contributed by atoms with van der Waals surface area (Å²) in [5, 5.41) is 3.71. The summed E-state index contributed by atoms with van der Waals surface area (Å²) >= 11 is 0. The fourth-order valence-corrected chi connectivity index (χ4v) is 1.60. The van der Waals surface area contributed by atoms with Crippen LogP contribution in [0.1, 0.15) is 30.6 Å². The zero-order chi connectivity index (χ0) is 7.90. The number of aromatic nitrogens is 1. The van der Waals surface area contributed by atoms with Crippen LogP contribution in [0.5, 0.6) is 0 Å². The first-order chi connectivity index (χ1) is 5.22. The second-order valence-electron chi connectivity index (χ2n) is 3.31. The molecular formula is C8H12N2O. The lowest BCUT2D eigenvalue weighted by atomic mass is 9.73. The molecule has 1 aliphatic carbocycles. The van der Waals surface area contributed by atoms with E-state index in [0.717, 1.165) is 24.2 Å². The van der Waals surface area contributed by atoms with Crippen molar-refractivity contribution < 1.29 is 4.52 Å². The summed E-state index contributed by atoms with van der Waals surface area (Å²) in [4.78, 5) is 0. The van der Waals surface area contributed by atoms with Crippen LogP contribution in [0.4, 0.5) is 0 Å². The van der Waals surface area contributed by atoms with Crippen LogP contribution in [0.15, 0.2) is 10.7 Å². The molecule has 0 amide bonds. The van der Waals surface area contributed by atoms with Crippen LogP contribution in [0.2, 0.25) is 0 Å². The van der Waals surface area contributed by atoms with Gasteiger partial charge < -0.3 is 10.3 Å². The molecule has 1 fully saturated rings. The Labute approximate surface area is 65.6 Å².